The Hall–Kier alpha value is -2.68. The Balaban J connectivity index is 1.94. The van der Waals surface area contributed by atoms with E-state index in [1.54, 1.807) is 0 Å². The van der Waals surface area contributed by atoms with Crippen LogP contribution in [0.25, 0.3) is 0 Å². The molecule has 3 heterocycles. The minimum Gasteiger partial charge on any atom is -0.477 e. The lowest BCUT2D eigenvalue weighted by atomic mass is 9.91. The zero-order chi connectivity index (χ0) is 19.8. The number of aromatic nitrogens is 1. The number of carboxylic acids is 1. The molecule has 0 bridgehead atoms. The molecule has 1 aromatic heterocycles. The molecule has 144 valence electrons. The number of halogens is 3. The first-order chi connectivity index (χ1) is 12.7. The molecule has 27 heavy (non-hydrogen) atoms. The van der Waals surface area contributed by atoms with Gasteiger partial charge in [-0.1, -0.05) is 6.07 Å². The third-order valence-electron chi connectivity index (χ3n) is 4.73. The number of pyridine rings is 1. The van der Waals surface area contributed by atoms with Gasteiger partial charge in [0.1, 0.15) is 17.3 Å². The van der Waals surface area contributed by atoms with Crippen LogP contribution in [0.15, 0.2) is 42.1 Å². The minimum absolute atomic E-state index is 0.0161. The summed E-state index contributed by atoms with van der Waals surface area (Å²) in [5.41, 5.74) is -0.0161. The molecule has 1 saturated heterocycles. The molecule has 2 aliphatic rings. The standard InChI is InChI=1S/C18H18F3N3O3/c1-23-7-5-11(6-8-23)16(25)13-3-2-4-15(22-13)24-14(20)9-12(19)10-18(24,21)17(26)27/h2-4,9-11H,5-8H2,1H3,(H,26,27). The third kappa shape index (κ3) is 3.59. The highest BCUT2D eigenvalue weighted by molar-refractivity contribution is 5.96. The summed E-state index contributed by atoms with van der Waals surface area (Å²) in [5, 5.41) is 9.15. The number of likely N-dealkylation sites (tertiary alicyclic amines) is 1. The normalized spacial score (nSPS) is 24.4. The van der Waals surface area contributed by atoms with Gasteiger partial charge in [0.15, 0.2) is 5.78 Å². The van der Waals surface area contributed by atoms with E-state index >= 15 is 0 Å². The molecule has 0 spiro atoms. The number of hydrogen-bond acceptors (Lipinski definition) is 5. The quantitative estimate of drug-likeness (QED) is 0.639. The van der Waals surface area contributed by atoms with E-state index in [0.29, 0.717) is 18.9 Å². The fourth-order valence-corrected chi connectivity index (χ4v) is 3.22. The van der Waals surface area contributed by atoms with Crippen LogP contribution in [0.4, 0.5) is 19.0 Å². The third-order valence-corrected chi connectivity index (χ3v) is 4.73. The average Bonchev–Trinajstić information content (AvgIpc) is 2.61. The van der Waals surface area contributed by atoms with Gasteiger partial charge >= 0.3 is 11.8 Å². The van der Waals surface area contributed by atoms with Crippen molar-refractivity contribution in [3.63, 3.8) is 0 Å². The fourth-order valence-electron chi connectivity index (χ4n) is 3.22. The van der Waals surface area contributed by atoms with Gasteiger partial charge in [-0.25, -0.2) is 18.6 Å². The number of nitrogens with zero attached hydrogens (tertiary/aromatic N) is 3. The van der Waals surface area contributed by atoms with Gasteiger partial charge in [-0.15, -0.1) is 0 Å². The lowest BCUT2D eigenvalue weighted by Gasteiger charge is -2.33. The van der Waals surface area contributed by atoms with E-state index in [9.17, 15) is 22.8 Å². The van der Waals surface area contributed by atoms with Crippen LogP contribution in [0.5, 0.6) is 0 Å². The molecule has 1 N–H and O–H groups in total. The van der Waals surface area contributed by atoms with Crippen LogP contribution < -0.4 is 4.90 Å². The predicted molar refractivity (Wildman–Crippen MR) is 91.1 cm³/mol. The number of hydrogen-bond donors (Lipinski definition) is 1. The van der Waals surface area contributed by atoms with Crippen molar-refractivity contribution in [2.45, 2.75) is 18.6 Å². The van der Waals surface area contributed by atoms with Crippen molar-refractivity contribution in [3.05, 3.63) is 47.8 Å². The van der Waals surface area contributed by atoms with Crippen molar-refractivity contribution in [2.75, 3.05) is 25.0 Å². The minimum atomic E-state index is -3.49. The van der Waals surface area contributed by atoms with Gasteiger partial charge in [-0.3, -0.25) is 9.69 Å². The van der Waals surface area contributed by atoms with Crippen molar-refractivity contribution >= 4 is 17.6 Å². The van der Waals surface area contributed by atoms with Gasteiger partial charge in [0.05, 0.1) is 0 Å². The summed E-state index contributed by atoms with van der Waals surface area (Å²) in [4.78, 5) is 30.2. The van der Waals surface area contributed by atoms with Gasteiger partial charge in [-0.05, 0) is 45.1 Å². The maximum atomic E-state index is 14.9. The van der Waals surface area contributed by atoms with Gasteiger partial charge < -0.3 is 10.0 Å². The molecule has 1 fully saturated rings. The molecule has 0 saturated carbocycles. The second-order valence-electron chi connectivity index (χ2n) is 6.63. The Bertz CT molecular complexity index is 834. The van der Waals surface area contributed by atoms with Crippen molar-refractivity contribution in [1.82, 2.24) is 9.88 Å². The van der Waals surface area contributed by atoms with E-state index in [2.05, 4.69) is 9.88 Å². The molecular formula is C18H18F3N3O3. The van der Waals surface area contributed by atoms with Crippen LogP contribution >= 0.6 is 0 Å². The topological polar surface area (TPSA) is 73.7 Å². The van der Waals surface area contributed by atoms with Crippen molar-refractivity contribution in [2.24, 2.45) is 5.92 Å². The molecule has 1 atom stereocenters. The molecule has 2 aliphatic heterocycles. The number of Topliss-reactive ketones (excluding diaryl/α,β-unsaturated/α-hetero) is 1. The van der Waals surface area contributed by atoms with E-state index < -0.39 is 29.4 Å². The van der Waals surface area contributed by atoms with Gasteiger partial charge in [0.2, 0.25) is 5.95 Å². The highest BCUT2D eigenvalue weighted by Gasteiger charge is 2.49. The molecule has 0 radical (unpaired) electrons. The lowest BCUT2D eigenvalue weighted by Crippen LogP contribution is -2.51. The van der Waals surface area contributed by atoms with Crippen LogP contribution in [-0.2, 0) is 4.79 Å². The first-order valence-electron chi connectivity index (χ1n) is 8.40. The molecule has 0 aromatic carbocycles. The Morgan fingerprint density at radius 2 is 1.93 bits per heavy atom. The number of anilines is 1. The summed E-state index contributed by atoms with van der Waals surface area (Å²) >= 11 is 0. The summed E-state index contributed by atoms with van der Waals surface area (Å²) < 4.78 is 42.5. The Morgan fingerprint density at radius 3 is 2.56 bits per heavy atom. The summed E-state index contributed by atoms with van der Waals surface area (Å²) in [5.74, 6) is -9.38. The van der Waals surface area contributed by atoms with Crippen LogP contribution in [0.2, 0.25) is 0 Å². The smallest absolute Gasteiger partial charge is 0.367 e. The van der Waals surface area contributed by atoms with E-state index in [4.69, 9.17) is 5.11 Å². The molecule has 0 amide bonds. The monoisotopic (exact) mass is 381 g/mol. The molecular weight excluding hydrogens is 363 g/mol. The first kappa shape index (κ1) is 19.1. The molecule has 1 unspecified atom stereocenters. The first-order valence-corrected chi connectivity index (χ1v) is 8.40. The Morgan fingerprint density at radius 1 is 1.26 bits per heavy atom. The SMILES string of the molecule is CN1CCC(C(=O)c2cccc(N3C(F)=CC(F)=CC3(F)C(=O)O)n2)CC1. The van der Waals surface area contributed by atoms with E-state index in [-0.39, 0.29) is 28.4 Å². The summed E-state index contributed by atoms with van der Waals surface area (Å²) in [6, 6.07) is 3.93. The Labute approximate surface area is 153 Å². The fraction of sp³-hybridized carbons (Fsp3) is 0.389. The van der Waals surface area contributed by atoms with Gasteiger partial charge in [0, 0.05) is 18.1 Å². The molecule has 3 rings (SSSR count). The number of piperidine rings is 1. The van der Waals surface area contributed by atoms with E-state index in [1.807, 2.05) is 7.05 Å². The number of ketones is 1. The van der Waals surface area contributed by atoms with Crippen LogP contribution in [0.1, 0.15) is 23.3 Å². The molecule has 6 nitrogen and oxygen atoms in total. The number of aliphatic carboxylic acids is 1. The number of carbonyl (C=O) groups is 2. The van der Waals surface area contributed by atoms with Crippen LogP contribution in [0, 0.1) is 5.92 Å². The summed E-state index contributed by atoms with van der Waals surface area (Å²) in [6.07, 6.45) is 1.77. The average molecular weight is 381 g/mol. The molecule has 0 aliphatic carbocycles. The largest absolute Gasteiger partial charge is 0.477 e. The van der Waals surface area contributed by atoms with Crippen molar-refractivity contribution < 1.29 is 27.9 Å². The highest BCUT2D eigenvalue weighted by atomic mass is 19.2. The summed E-state index contributed by atoms with van der Waals surface area (Å²) in [6.45, 7) is 1.49. The number of rotatable bonds is 4. The zero-order valence-corrected chi connectivity index (χ0v) is 14.5. The zero-order valence-electron chi connectivity index (χ0n) is 14.5. The van der Waals surface area contributed by atoms with Gasteiger partial charge in [-0.2, -0.15) is 4.39 Å². The van der Waals surface area contributed by atoms with Gasteiger partial charge in [0.25, 0.3) is 0 Å². The lowest BCUT2D eigenvalue weighted by molar-refractivity contribution is -0.147. The molecule has 1 aromatic rings. The number of carbonyl (C=O) groups excluding carboxylic acids is 1. The van der Waals surface area contributed by atoms with Crippen molar-refractivity contribution in [1.29, 1.82) is 0 Å². The maximum absolute atomic E-state index is 14.9. The highest BCUT2D eigenvalue weighted by Crippen LogP contribution is 2.36. The second-order valence-corrected chi connectivity index (χ2v) is 6.63. The number of alkyl halides is 1. The van der Waals surface area contributed by atoms with E-state index in [0.717, 1.165) is 19.2 Å². The second kappa shape index (κ2) is 7.15. The predicted octanol–water partition coefficient (Wildman–Crippen LogP) is 2.84. The number of allylic oxidation sites excluding steroid dienone is 2. The van der Waals surface area contributed by atoms with Crippen LogP contribution in [-0.4, -0.2) is 52.7 Å². The molecule has 9 heteroatoms. The Kier molecular flexibility index (Phi) is 5.05. The van der Waals surface area contributed by atoms with E-state index in [1.165, 1.54) is 12.1 Å². The number of carboxylic acid groups (broad SMARTS) is 1. The summed E-state index contributed by atoms with van der Waals surface area (Å²) in [7, 11) is 1.95. The van der Waals surface area contributed by atoms with Crippen LogP contribution in [0.3, 0.4) is 0 Å². The maximum Gasteiger partial charge on any atom is 0.367 e. The van der Waals surface area contributed by atoms with Crippen molar-refractivity contribution in [3.8, 4) is 0 Å².